The SMILES string of the molecule is COc1ccc(/C=C/C(=O)O[C@@H]2CC[C@]3(CO3)[C@@H]([C@@]3(C)O[C@@H]3CC=C(C)C)C2)cc1OCCO. The van der Waals surface area contributed by atoms with E-state index in [4.69, 9.17) is 28.8 Å². The van der Waals surface area contributed by atoms with Gasteiger partial charge in [-0.2, -0.15) is 0 Å². The average Bonchev–Trinajstić information content (AvgIpc) is 3.73. The van der Waals surface area contributed by atoms with Gasteiger partial charge in [0.25, 0.3) is 0 Å². The third-order valence-electron chi connectivity index (χ3n) is 7.18. The summed E-state index contributed by atoms with van der Waals surface area (Å²) in [5, 5.41) is 9.01. The smallest absolute Gasteiger partial charge is 0.331 e. The van der Waals surface area contributed by atoms with Gasteiger partial charge < -0.3 is 28.8 Å². The lowest BCUT2D eigenvalue weighted by Gasteiger charge is -2.36. The molecule has 5 atom stereocenters. The summed E-state index contributed by atoms with van der Waals surface area (Å²) in [5.41, 5.74) is 1.73. The molecule has 1 aliphatic carbocycles. The van der Waals surface area contributed by atoms with Crippen LogP contribution in [0.25, 0.3) is 6.08 Å². The van der Waals surface area contributed by atoms with Crippen molar-refractivity contribution in [1.82, 2.24) is 0 Å². The molecule has 1 spiro atoms. The molecular weight excluding hydrogens is 436 g/mol. The number of esters is 1. The van der Waals surface area contributed by atoms with Gasteiger partial charge in [-0.1, -0.05) is 17.7 Å². The first-order valence-corrected chi connectivity index (χ1v) is 12.0. The summed E-state index contributed by atoms with van der Waals surface area (Å²) in [6, 6.07) is 5.36. The molecule has 2 saturated heterocycles. The number of aliphatic hydroxyl groups is 1. The van der Waals surface area contributed by atoms with Gasteiger partial charge in [0.1, 0.15) is 12.7 Å². The lowest BCUT2D eigenvalue weighted by atomic mass is 9.70. The van der Waals surface area contributed by atoms with E-state index in [9.17, 15) is 4.79 Å². The van der Waals surface area contributed by atoms with Crippen LogP contribution in [-0.4, -0.2) is 61.4 Å². The van der Waals surface area contributed by atoms with Crippen LogP contribution in [-0.2, 0) is 19.0 Å². The number of methoxy groups -OCH3 is 1. The Morgan fingerprint density at radius 1 is 1.29 bits per heavy atom. The molecule has 7 nitrogen and oxygen atoms in total. The Balaban J connectivity index is 1.35. The number of ether oxygens (including phenoxy) is 5. The van der Waals surface area contributed by atoms with Crippen LogP contribution in [0.5, 0.6) is 11.5 Å². The molecule has 1 saturated carbocycles. The number of carbonyl (C=O) groups is 1. The largest absolute Gasteiger partial charge is 0.493 e. The Morgan fingerprint density at radius 2 is 2.09 bits per heavy atom. The molecule has 0 unspecified atom stereocenters. The second kappa shape index (κ2) is 10.1. The van der Waals surface area contributed by atoms with Gasteiger partial charge in [0, 0.05) is 12.0 Å². The van der Waals surface area contributed by atoms with E-state index in [1.165, 1.54) is 11.6 Å². The normalized spacial score (nSPS) is 31.9. The van der Waals surface area contributed by atoms with Crippen molar-refractivity contribution in [2.24, 2.45) is 5.92 Å². The molecule has 3 aliphatic rings. The topological polar surface area (TPSA) is 90.1 Å². The Labute approximate surface area is 201 Å². The summed E-state index contributed by atoms with van der Waals surface area (Å²) in [5.74, 6) is 0.931. The summed E-state index contributed by atoms with van der Waals surface area (Å²) in [4.78, 5) is 12.6. The number of rotatable bonds is 10. The van der Waals surface area contributed by atoms with Crippen LogP contribution in [0.2, 0.25) is 0 Å². The van der Waals surface area contributed by atoms with E-state index >= 15 is 0 Å². The van der Waals surface area contributed by atoms with Crippen molar-refractivity contribution < 1.29 is 33.6 Å². The molecule has 4 rings (SSSR count). The maximum atomic E-state index is 12.6. The minimum Gasteiger partial charge on any atom is -0.493 e. The second-order valence-electron chi connectivity index (χ2n) is 9.86. The fourth-order valence-electron chi connectivity index (χ4n) is 5.11. The van der Waals surface area contributed by atoms with Gasteiger partial charge in [-0.05, 0) is 70.2 Å². The highest BCUT2D eigenvalue weighted by molar-refractivity contribution is 5.87. The van der Waals surface area contributed by atoms with E-state index in [1.54, 1.807) is 25.3 Å². The number of epoxide rings is 2. The zero-order valence-electron chi connectivity index (χ0n) is 20.5. The van der Waals surface area contributed by atoms with E-state index in [0.29, 0.717) is 11.5 Å². The van der Waals surface area contributed by atoms with Crippen LogP contribution in [0.3, 0.4) is 0 Å². The van der Waals surface area contributed by atoms with Gasteiger partial charge in [-0.15, -0.1) is 0 Å². The Bertz CT molecular complexity index is 944. The maximum absolute atomic E-state index is 12.6. The fraction of sp³-hybridized carbons (Fsp3) is 0.593. The number of benzene rings is 1. The molecule has 0 amide bonds. The van der Waals surface area contributed by atoms with Gasteiger partial charge >= 0.3 is 5.97 Å². The molecular formula is C27H36O7. The third kappa shape index (κ3) is 5.48. The molecule has 186 valence electrons. The Kier molecular flexibility index (Phi) is 7.36. The molecule has 1 aromatic carbocycles. The van der Waals surface area contributed by atoms with Crippen LogP contribution in [0.15, 0.2) is 35.9 Å². The number of hydrogen-bond acceptors (Lipinski definition) is 7. The molecule has 2 aliphatic heterocycles. The van der Waals surface area contributed by atoms with Crippen molar-refractivity contribution in [2.75, 3.05) is 26.9 Å². The van der Waals surface area contributed by atoms with Crippen LogP contribution >= 0.6 is 0 Å². The molecule has 0 bridgehead atoms. The van der Waals surface area contributed by atoms with Crippen molar-refractivity contribution in [3.8, 4) is 11.5 Å². The van der Waals surface area contributed by atoms with Crippen LogP contribution in [0, 0.1) is 5.92 Å². The highest BCUT2D eigenvalue weighted by Gasteiger charge is 2.68. The van der Waals surface area contributed by atoms with E-state index in [-0.39, 0.29) is 48.5 Å². The summed E-state index contributed by atoms with van der Waals surface area (Å²) in [7, 11) is 1.55. The molecule has 34 heavy (non-hydrogen) atoms. The van der Waals surface area contributed by atoms with E-state index in [1.807, 2.05) is 6.07 Å². The van der Waals surface area contributed by atoms with Crippen LogP contribution in [0.1, 0.15) is 52.0 Å². The van der Waals surface area contributed by atoms with E-state index in [0.717, 1.165) is 37.9 Å². The van der Waals surface area contributed by atoms with Gasteiger partial charge in [0.05, 0.1) is 37.6 Å². The highest BCUT2D eigenvalue weighted by atomic mass is 16.6. The number of allylic oxidation sites excluding steroid dienone is 1. The van der Waals surface area contributed by atoms with Gasteiger partial charge in [-0.3, -0.25) is 0 Å². The van der Waals surface area contributed by atoms with Gasteiger partial charge in [-0.25, -0.2) is 4.79 Å². The van der Waals surface area contributed by atoms with Crippen molar-refractivity contribution in [1.29, 1.82) is 0 Å². The first-order valence-electron chi connectivity index (χ1n) is 12.0. The number of aliphatic hydroxyl groups excluding tert-OH is 1. The standard InChI is InChI=1S/C27H36O7/c1-18(2)5-9-24-26(3,34-24)23-16-20(11-12-27(23)17-32-27)33-25(29)10-7-19-6-8-21(30-4)22(15-19)31-14-13-28/h5-8,10,15,20,23-24,28H,9,11-14,16-17H2,1-4H3/b10-7+/t20-,23-,24-,26-,27+/m1/s1. The number of carbonyl (C=O) groups excluding carboxylic acids is 1. The molecule has 3 fully saturated rings. The molecule has 2 heterocycles. The quantitative estimate of drug-likeness (QED) is 0.238. The maximum Gasteiger partial charge on any atom is 0.331 e. The first kappa shape index (κ1) is 24.8. The summed E-state index contributed by atoms with van der Waals surface area (Å²) >= 11 is 0. The molecule has 7 heteroatoms. The zero-order valence-corrected chi connectivity index (χ0v) is 20.5. The highest BCUT2D eigenvalue weighted by Crippen LogP contribution is 2.59. The summed E-state index contributed by atoms with van der Waals surface area (Å²) in [6.07, 6.45) is 8.75. The second-order valence-corrected chi connectivity index (χ2v) is 9.86. The Morgan fingerprint density at radius 3 is 2.76 bits per heavy atom. The predicted molar refractivity (Wildman–Crippen MR) is 128 cm³/mol. The van der Waals surface area contributed by atoms with Crippen molar-refractivity contribution in [2.45, 2.75) is 69.9 Å². The monoisotopic (exact) mass is 472 g/mol. The molecule has 0 radical (unpaired) electrons. The van der Waals surface area contributed by atoms with E-state index in [2.05, 4.69) is 26.8 Å². The first-order chi connectivity index (χ1) is 16.3. The molecule has 1 aromatic rings. The number of hydrogen-bond donors (Lipinski definition) is 1. The lowest BCUT2D eigenvalue weighted by Crippen LogP contribution is -2.44. The van der Waals surface area contributed by atoms with Gasteiger partial charge in [0.15, 0.2) is 11.5 Å². The predicted octanol–water partition coefficient (Wildman–Crippen LogP) is 4.07. The van der Waals surface area contributed by atoms with Crippen molar-refractivity contribution in [3.05, 3.63) is 41.5 Å². The summed E-state index contributed by atoms with van der Waals surface area (Å²) < 4.78 is 28.7. The van der Waals surface area contributed by atoms with Crippen LogP contribution in [0.4, 0.5) is 0 Å². The van der Waals surface area contributed by atoms with E-state index < -0.39 is 0 Å². The molecule has 1 N–H and O–H groups in total. The third-order valence-corrected chi connectivity index (χ3v) is 7.18. The minimum absolute atomic E-state index is 0.0932. The fourth-order valence-corrected chi connectivity index (χ4v) is 5.11. The summed E-state index contributed by atoms with van der Waals surface area (Å²) in [6.45, 7) is 7.22. The minimum atomic E-state index is -0.368. The Hall–Kier alpha value is -2.35. The van der Waals surface area contributed by atoms with Gasteiger partial charge in [0.2, 0.25) is 0 Å². The van der Waals surface area contributed by atoms with Crippen molar-refractivity contribution in [3.63, 3.8) is 0 Å². The van der Waals surface area contributed by atoms with Crippen LogP contribution < -0.4 is 9.47 Å². The lowest BCUT2D eigenvalue weighted by molar-refractivity contribution is -0.147. The zero-order chi connectivity index (χ0) is 24.3. The average molecular weight is 473 g/mol. The molecule has 0 aromatic heterocycles. The van der Waals surface area contributed by atoms with Crippen molar-refractivity contribution >= 4 is 12.0 Å².